The molecule has 0 bridgehead atoms. The number of hydrogen-bond donors (Lipinski definition) is 0. The third kappa shape index (κ3) is 3.66. The standard InChI is InChI=1S/C31H24N2/c1-4-27(32-5-2)28-18-11-19-29(33-28)31-25-16-8-6-14-23(25)30(22-13-10-12-21(3)20-22)24-15-7-9-17-26(24)31/h4-20H,1-2H2,3H3. The Morgan fingerprint density at radius 2 is 1.33 bits per heavy atom. The molecule has 0 saturated heterocycles. The van der Waals surface area contributed by atoms with Gasteiger partial charge in [0, 0.05) is 11.8 Å². The van der Waals surface area contributed by atoms with Gasteiger partial charge in [0.15, 0.2) is 0 Å². The van der Waals surface area contributed by atoms with Crippen LogP contribution in [0, 0.1) is 6.92 Å². The van der Waals surface area contributed by atoms with Gasteiger partial charge in [-0.3, -0.25) is 4.99 Å². The number of rotatable bonds is 5. The van der Waals surface area contributed by atoms with Crippen LogP contribution in [0.4, 0.5) is 0 Å². The first kappa shape index (κ1) is 20.6. The highest BCUT2D eigenvalue weighted by Gasteiger charge is 2.17. The van der Waals surface area contributed by atoms with Gasteiger partial charge in [0.2, 0.25) is 0 Å². The largest absolute Gasteiger partial charge is 0.255 e. The van der Waals surface area contributed by atoms with Gasteiger partial charge >= 0.3 is 0 Å². The van der Waals surface area contributed by atoms with Crippen LogP contribution in [-0.2, 0) is 0 Å². The van der Waals surface area contributed by atoms with E-state index >= 15 is 0 Å². The minimum atomic E-state index is 0.705. The van der Waals surface area contributed by atoms with Crippen molar-refractivity contribution in [3.05, 3.63) is 128 Å². The molecule has 0 N–H and O–H groups in total. The molecule has 2 heteroatoms. The van der Waals surface area contributed by atoms with Crippen molar-refractivity contribution in [1.82, 2.24) is 4.98 Å². The Kier molecular flexibility index (Phi) is 5.42. The first-order valence-electron chi connectivity index (χ1n) is 11.0. The molecule has 5 aromatic rings. The summed E-state index contributed by atoms with van der Waals surface area (Å²) in [4.78, 5) is 9.33. The number of hydrogen-bond acceptors (Lipinski definition) is 2. The maximum Gasteiger partial charge on any atom is 0.0893 e. The van der Waals surface area contributed by atoms with Gasteiger partial charge in [-0.2, -0.15) is 0 Å². The third-order valence-corrected chi connectivity index (χ3v) is 5.93. The number of benzene rings is 4. The molecule has 0 atom stereocenters. The van der Waals surface area contributed by atoms with Crippen molar-refractivity contribution in [1.29, 1.82) is 0 Å². The van der Waals surface area contributed by atoms with Crippen molar-refractivity contribution in [2.24, 2.45) is 4.99 Å². The predicted octanol–water partition coefficient (Wildman–Crippen LogP) is 8.15. The Morgan fingerprint density at radius 3 is 1.91 bits per heavy atom. The van der Waals surface area contributed by atoms with Crippen molar-refractivity contribution in [3.8, 4) is 22.4 Å². The van der Waals surface area contributed by atoms with Crippen LogP contribution in [0.3, 0.4) is 0 Å². The second-order valence-electron chi connectivity index (χ2n) is 8.02. The molecular formula is C31H24N2. The van der Waals surface area contributed by atoms with E-state index in [9.17, 15) is 0 Å². The van der Waals surface area contributed by atoms with Crippen molar-refractivity contribution >= 4 is 27.3 Å². The van der Waals surface area contributed by atoms with Crippen LogP contribution in [0.15, 0.2) is 121 Å². The van der Waals surface area contributed by atoms with E-state index in [1.165, 1.54) is 44.4 Å². The topological polar surface area (TPSA) is 25.2 Å². The van der Waals surface area contributed by atoms with E-state index in [1.807, 2.05) is 12.1 Å². The molecule has 0 aliphatic carbocycles. The van der Waals surface area contributed by atoms with Gasteiger partial charge in [0.05, 0.1) is 17.1 Å². The van der Waals surface area contributed by atoms with Gasteiger partial charge in [0.1, 0.15) is 0 Å². The van der Waals surface area contributed by atoms with Crippen molar-refractivity contribution in [2.75, 3.05) is 0 Å². The van der Waals surface area contributed by atoms with E-state index < -0.39 is 0 Å². The molecular weight excluding hydrogens is 400 g/mol. The number of fused-ring (bicyclic) bond motifs is 2. The normalized spacial score (nSPS) is 11.6. The summed E-state index contributed by atoms with van der Waals surface area (Å²) in [6, 6.07) is 32.0. The molecule has 0 saturated carbocycles. The summed E-state index contributed by atoms with van der Waals surface area (Å²) in [5, 5.41) is 4.79. The summed E-state index contributed by atoms with van der Waals surface area (Å²) in [6.07, 6.45) is 3.23. The molecule has 5 rings (SSSR count). The molecule has 0 unspecified atom stereocenters. The number of nitrogens with zero attached hydrogens (tertiary/aromatic N) is 2. The number of aromatic nitrogens is 1. The van der Waals surface area contributed by atoms with Crippen LogP contribution in [0.5, 0.6) is 0 Å². The highest BCUT2D eigenvalue weighted by molar-refractivity contribution is 6.21. The van der Waals surface area contributed by atoms with E-state index in [0.29, 0.717) is 5.71 Å². The Labute approximate surface area is 194 Å². The van der Waals surface area contributed by atoms with Crippen LogP contribution in [0.2, 0.25) is 0 Å². The monoisotopic (exact) mass is 424 g/mol. The number of aryl methyl sites for hydroxylation is 1. The molecule has 0 aliphatic heterocycles. The second-order valence-corrected chi connectivity index (χ2v) is 8.02. The van der Waals surface area contributed by atoms with Gasteiger partial charge in [-0.25, -0.2) is 4.98 Å². The molecule has 0 amide bonds. The highest BCUT2D eigenvalue weighted by Crippen LogP contribution is 2.43. The molecule has 0 spiro atoms. The van der Waals surface area contributed by atoms with Crippen molar-refractivity contribution < 1.29 is 0 Å². The van der Waals surface area contributed by atoms with E-state index in [2.05, 4.69) is 104 Å². The molecule has 0 aliphatic rings. The minimum Gasteiger partial charge on any atom is -0.255 e. The fraction of sp³-hybridized carbons (Fsp3) is 0.0323. The molecule has 0 fully saturated rings. The number of allylic oxidation sites excluding steroid dienone is 1. The van der Waals surface area contributed by atoms with Gasteiger partial charge in [-0.05, 0) is 57.8 Å². The van der Waals surface area contributed by atoms with Gasteiger partial charge < -0.3 is 0 Å². The lowest BCUT2D eigenvalue weighted by Gasteiger charge is -2.17. The van der Waals surface area contributed by atoms with Crippen LogP contribution >= 0.6 is 0 Å². The zero-order chi connectivity index (χ0) is 22.8. The van der Waals surface area contributed by atoms with E-state index in [1.54, 1.807) is 6.08 Å². The lowest BCUT2D eigenvalue weighted by molar-refractivity contribution is 1.30. The summed E-state index contributed by atoms with van der Waals surface area (Å²) in [5.41, 5.74) is 7.25. The third-order valence-electron chi connectivity index (χ3n) is 5.93. The summed E-state index contributed by atoms with van der Waals surface area (Å²) in [6.45, 7) is 9.75. The smallest absolute Gasteiger partial charge is 0.0893 e. The molecule has 4 aromatic carbocycles. The maximum atomic E-state index is 5.00. The zero-order valence-electron chi connectivity index (χ0n) is 18.6. The minimum absolute atomic E-state index is 0.705. The first-order valence-corrected chi connectivity index (χ1v) is 11.0. The predicted molar refractivity (Wildman–Crippen MR) is 142 cm³/mol. The molecule has 158 valence electrons. The lowest BCUT2D eigenvalue weighted by atomic mass is 9.87. The highest BCUT2D eigenvalue weighted by atomic mass is 14.8. The molecule has 33 heavy (non-hydrogen) atoms. The van der Waals surface area contributed by atoms with Crippen LogP contribution < -0.4 is 0 Å². The summed E-state index contributed by atoms with van der Waals surface area (Å²) in [5.74, 6) is 0. The van der Waals surface area contributed by atoms with Crippen molar-refractivity contribution in [2.45, 2.75) is 6.92 Å². The van der Waals surface area contributed by atoms with Crippen LogP contribution in [0.25, 0.3) is 43.9 Å². The Morgan fingerprint density at radius 1 is 0.727 bits per heavy atom. The summed E-state index contributed by atoms with van der Waals surface area (Å²) < 4.78 is 0. The molecule has 2 nitrogen and oxygen atoms in total. The fourth-order valence-electron chi connectivity index (χ4n) is 4.55. The van der Waals surface area contributed by atoms with Gasteiger partial charge in [0.25, 0.3) is 0 Å². The number of pyridine rings is 1. The second kappa shape index (κ2) is 8.68. The fourth-order valence-corrected chi connectivity index (χ4v) is 4.55. The summed E-state index contributed by atoms with van der Waals surface area (Å²) in [7, 11) is 0. The molecule has 0 radical (unpaired) electrons. The first-order chi connectivity index (χ1) is 16.2. The Balaban J connectivity index is 1.90. The lowest BCUT2D eigenvalue weighted by Crippen LogP contribution is -2.01. The van der Waals surface area contributed by atoms with E-state index in [0.717, 1.165) is 17.0 Å². The zero-order valence-corrected chi connectivity index (χ0v) is 18.6. The Bertz CT molecular complexity index is 1500. The quantitative estimate of drug-likeness (QED) is 0.206. The van der Waals surface area contributed by atoms with Crippen molar-refractivity contribution in [3.63, 3.8) is 0 Å². The molecule has 1 aromatic heterocycles. The average molecular weight is 425 g/mol. The SMILES string of the molecule is C=CN=C(C=C)c1cccc(-c2c3ccccc3c(-c3cccc(C)c3)c3ccccc23)n1. The van der Waals surface area contributed by atoms with Gasteiger partial charge in [-0.15, -0.1) is 0 Å². The van der Waals surface area contributed by atoms with Crippen LogP contribution in [0.1, 0.15) is 11.3 Å². The molecule has 1 heterocycles. The Hall–Kier alpha value is -4.30. The maximum absolute atomic E-state index is 5.00. The number of aliphatic imine (C=N–C) groups is 1. The average Bonchev–Trinajstić information content (AvgIpc) is 2.85. The van der Waals surface area contributed by atoms with Gasteiger partial charge in [-0.1, -0.05) is 97.6 Å². The summed E-state index contributed by atoms with van der Waals surface area (Å²) >= 11 is 0. The van der Waals surface area contributed by atoms with Crippen LogP contribution in [-0.4, -0.2) is 10.7 Å². The van der Waals surface area contributed by atoms with E-state index in [4.69, 9.17) is 4.98 Å². The van der Waals surface area contributed by atoms with E-state index in [-0.39, 0.29) is 0 Å².